The molecule has 2 fully saturated rings. The number of likely N-dealkylation sites (tertiary alicyclic amines) is 1. The number of alkyl halides is 3. The largest absolute Gasteiger partial charge is 0.493 e. The number of amides is 2. The van der Waals surface area contributed by atoms with Gasteiger partial charge >= 0.3 is 18.2 Å². The Morgan fingerprint density at radius 1 is 1.10 bits per heavy atom. The van der Waals surface area contributed by atoms with Crippen molar-refractivity contribution < 1.29 is 46.1 Å². The number of rotatable bonds is 6. The van der Waals surface area contributed by atoms with E-state index in [-0.39, 0.29) is 23.2 Å². The third-order valence-corrected chi connectivity index (χ3v) is 7.32. The van der Waals surface area contributed by atoms with Crippen LogP contribution in [0.4, 0.5) is 32.4 Å². The van der Waals surface area contributed by atoms with E-state index >= 15 is 0 Å². The molecule has 3 atom stereocenters. The second-order valence-electron chi connectivity index (χ2n) is 9.70. The summed E-state index contributed by atoms with van der Waals surface area (Å²) in [5.74, 6) is -3.21. The van der Waals surface area contributed by atoms with Crippen LogP contribution in [-0.2, 0) is 10.2 Å². The van der Waals surface area contributed by atoms with Gasteiger partial charge in [0.25, 0.3) is 0 Å². The van der Waals surface area contributed by atoms with Crippen molar-refractivity contribution in [3.05, 3.63) is 53.6 Å². The molecule has 0 aromatic heterocycles. The number of aliphatic carboxylic acids is 1. The highest BCUT2D eigenvalue weighted by Crippen LogP contribution is 2.49. The van der Waals surface area contributed by atoms with Gasteiger partial charge in [-0.15, -0.1) is 0 Å². The van der Waals surface area contributed by atoms with E-state index in [1.165, 1.54) is 11.6 Å². The molecule has 4 rings (SSSR count). The van der Waals surface area contributed by atoms with Crippen LogP contribution in [-0.4, -0.2) is 67.6 Å². The number of urea groups is 1. The molecule has 0 radical (unpaired) electrons. The molecule has 220 valence electrons. The second-order valence-corrected chi connectivity index (χ2v) is 9.70. The minimum atomic E-state index is -5.08. The van der Waals surface area contributed by atoms with Gasteiger partial charge in [0, 0.05) is 29.3 Å². The predicted molar refractivity (Wildman–Crippen MR) is 137 cm³/mol. The molecule has 3 unspecified atom stereocenters. The van der Waals surface area contributed by atoms with Gasteiger partial charge in [-0.3, -0.25) is 0 Å². The molecule has 1 heterocycles. The number of anilines is 1. The normalized spacial score (nSPS) is 22.4. The fraction of sp³-hybridized carbons (Fsp3) is 0.481. The van der Waals surface area contributed by atoms with Crippen LogP contribution in [0.1, 0.15) is 38.2 Å². The van der Waals surface area contributed by atoms with Crippen LogP contribution >= 0.6 is 0 Å². The predicted octanol–water partition coefficient (Wildman–Crippen LogP) is 5.32. The lowest BCUT2D eigenvalue weighted by Gasteiger charge is -2.45. The zero-order valence-electron chi connectivity index (χ0n) is 22.3. The molecular formula is C27H32F5N3O5. The summed E-state index contributed by atoms with van der Waals surface area (Å²) in [6.45, 7) is 3.50. The summed E-state index contributed by atoms with van der Waals surface area (Å²) in [6, 6.07) is 9.38. The van der Waals surface area contributed by atoms with E-state index in [9.17, 15) is 26.7 Å². The average molecular weight is 574 g/mol. The number of fused-ring (bicyclic) bond motifs is 1. The topological polar surface area (TPSA) is 100 Å². The van der Waals surface area contributed by atoms with Gasteiger partial charge in [-0.2, -0.15) is 13.2 Å². The third-order valence-electron chi connectivity index (χ3n) is 7.32. The summed E-state index contributed by atoms with van der Waals surface area (Å²) < 4.78 is 69.6. The van der Waals surface area contributed by atoms with E-state index in [1.54, 1.807) is 7.11 Å². The molecule has 2 aliphatic rings. The maximum absolute atomic E-state index is 13.4. The first-order chi connectivity index (χ1) is 18.8. The Bertz CT molecular complexity index is 1210. The number of hydrogen-bond donors (Lipinski definition) is 3. The van der Waals surface area contributed by atoms with Crippen LogP contribution in [0.5, 0.6) is 11.5 Å². The van der Waals surface area contributed by atoms with E-state index in [0.717, 1.165) is 55.9 Å². The van der Waals surface area contributed by atoms with Gasteiger partial charge in [-0.1, -0.05) is 6.07 Å². The van der Waals surface area contributed by atoms with Crippen molar-refractivity contribution in [1.82, 2.24) is 10.2 Å². The molecule has 8 nitrogen and oxygen atoms in total. The van der Waals surface area contributed by atoms with Crippen LogP contribution in [0.15, 0.2) is 36.4 Å². The summed E-state index contributed by atoms with van der Waals surface area (Å²) in [5, 5.41) is 12.7. The maximum Gasteiger partial charge on any atom is 0.490 e. The lowest BCUT2D eigenvalue weighted by molar-refractivity contribution is -0.192. The van der Waals surface area contributed by atoms with Crippen molar-refractivity contribution >= 4 is 17.7 Å². The highest BCUT2D eigenvalue weighted by Gasteiger charge is 2.50. The van der Waals surface area contributed by atoms with E-state index in [4.69, 9.17) is 19.4 Å². The zero-order valence-corrected chi connectivity index (χ0v) is 22.3. The Kier molecular flexibility index (Phi) is 9.82. The molecule has 1 saturated carbocycles. The van der Waals surface area contributed by atoms with Gasteiger partial charge in [0.2, 0.25) is 0 Å². The standard InChI is InChI=1S/C25H31F2N3O3.C2HF3O2/c1-4-33-22-13-16(5-8-21(22)32-3)25-10-9-18(15-23(25)30(2)12-11-25)29-24(31)28-17-6-7-19(26)20(27)14-17;3-2(4,5)1(6)7/h5-8,13-14,18,23H,4,9-12,15H2,1-3H3,(H2,28,29,31);(H,6,7). The lowest BCUT2D eigenvalue weighted by atomic mass is 9.65. The number of nitrogens with one attached hydrogen (secondary N) is 2. The zero-order chi connectivity index (χ0) is 29.7. The van der Waals surface area contributed by atoms with Gasteiger partial charge in [-0.25, -0.2) is 18.4 Å². The van der Waals surface area contributed by atoms with Crippen molar-refractivity contribution in [2.75, 3.05) is 32.6 Å². The molecule has 13 heteroatoms. The molecule has 2 aromatic carbocycles. The molecular weight excluding hydrogens is 541 g/mol. The van der Waals surface area contributed by atoms with Crippen molar-refractivity contribution in [1.29, 1.82) is 0 Å². The summed E-state index contributed by atoms with van der Waals surface area (Å²) in [7, 11) is 3.77. The van der Waals surface area contributed by atoms with Gasteiger partial charge < -0.3 is 30.1 Å². The number of hydrogen-bond acceptors (Lipinski definition) is 5. The van der Waals surface area contributed by atoms with Crippen molar-refractivity contribution in [2.24, 2.45) is 0 Å². The van der Waals surface area contributed by atoms with E-state index in [1.807, 2.05) is 13.0 Å². The van der Waals surface area contributed by atoms with E-state index in [2.05, 4.69) is 34.7 Å². The minimum absolute atomic E-state index is 0.0123. The summed E-state index contributed by atoms with van der Waals surface area (Å²) in [5.41, 5.74) is 1.45. The van der Waals surface area contributed by atoms with Gasteiger partial charge in [0.15, 0.2) is 23.1 Å². The Balaban J connectivity index is 0.000000559. The van der Waals surface area contributed by atoms with E-state index < -0.39 is 29.8 Å². The van der Waals surface area contributed by atoms with E-state index in [0.29, 0.717) is 6.61 Å². The van der Waals surface area contributed by atoms with Crippen LogP contribution in [0.2, 0.25) is 0 Å². The SMILES string of the molecule is CCOc1cc(C23CCC(NC(=O)Nc4ccc(F)c(F)c4)CC2N(C)CC3)ccc1OC.O=C(O)C(F)(F)F. The van der Waals surface area contributed by atoms with Crippen LogP contribution in [0.3, 0.4) is 0 Å². The highest BCUT2D eigenvalue weighted by molar-refractivity contribution is 5.89. The first-order valence-corrected chi connectivity index (χ1v) is 12.6. The Labute approximate surface area is 228 Å². The quantitative estimate of drug-likeness (QED) is 0.405. The van der Waals surface area contributed by atoms with Crippen molar-refractivity contribution in [3.63, 3.8) is 0 Å². The van der Waals surface area contributed by atoms with Crippen molar-refractivity contribution in [3.8, 4) is 11.5 Å². The van der Waals surface area contributed by atoms with Crippen LogP contribution in [0.25, 0.3) is 0 Å². The molecule has 40 heavy (non-hydrogen) atoms. The number of halogens is 5. The lowest BCUT2D eigenvalue weighted by Crippen LogP contribution is -2.52. The monoisotopic (exact) mass is 573 g/mol. The number of carboxylic acid groups (broad SMARTS) is 1. The van der Waals surface area contributed by atoms with Crippen LogP contribution < -0.4 is 20.1 Å². The summed E-state index contributed by atoms with van der Waals surface area (Å²) >= 11 is 0. The summed E-state index contributed by atoms with van der Waals surface area (Å²) in [6.07, 6.45) is -1.49. The first kappa shape index (κ1) is 30.9. The number of benzene rings is 2. The number of carbonyl (C=O) groups excluding carboxylic acids is 1. The fourth-order valence-corrected chi connectivity index (χ4v) is 5.43. The third kappa shape index (κ3) is 7.12. The second kappa shape index (κ2) is 12.7. The molecule has 2 amide bonds. The minimum Gasteiger partial charge on any atom is -0.493 e. The first-order valence-electron chi connectivity index (χ1n) is 12.6. The van der Waals surface area contributed by atoms with Gasteiger partial charge in [0.05, 0.1) is 13.7 Å². The average Bonchev–Trinajstić information content (AvgIpc) is 3.23. The van der Waals surface area contributed by atoms with Crippen molar-refractivity contribution in [2.45, 2.75) is 56.3 Å². The molecule has 1 aliphatic carbocycles. The van der Waals surface area contributed by atoms with Gasteiger partial charge in [0.1, 0.15) is 0 Å². The number of ether oxygens (including phenoxy) is 2. The molecule has 1 saturated heterocycles. The molecule has 2 aromatic rings. The maximum atomic E-state index is 13.4. The summed E-state index contributed by atoms with van der Waals surface area (Å²) in [4.78, 5) is 23.8. The van der Waals surface area contributed by atoms with Gasteiger partial charge in [-0.05, 0) is 76.0 Å². The number of likely N-dealkylation sites (N-methyl/N-ethyl adjacent to an activating group) is 1. The number of nitrogens with zero attached hydrogens (tertiary/aromatic N) is 1. The highest BCUT2D eigenvalue weighted by atomic mass is 19.4. The molecule has 1 aliphatic heterocycles. The number of carboxylic acids is 1. The molecule has 0 bridgehead atoms. The number of methoxy groups -OCH3 is 1. The Morgan fingerprint density at radius 2 is 1.80 bits per heavy atom. The number of carbonyl (C=O) groups is 2. The smallest absolute Gasteiger partial charge is 0.490 e. The Hall–Kier alpha value is -3.61. The molecule has 0 spiro atoms. The fourth-order valence-electron chi connectivity index (χ4n) is 5.43. The Morgan fingerprint density at radius 3 is 2.40 bits per heavy atom. The van der Waals surface area contributed by atoms with Crippen LogP contribution in [0, 0.1) is 11.6 Å². The molecule has 3 N–H and O–H groups in total.